The molecule has 0 saturated carbocycles. The summed E-state index contributed by atoms with van der Waals surface area (Å²) in [6, 6.07) is 8.50. The summed E-state index contributed by atoms with van der Waals surface area (Å²) in [4.78, 5) is 0. The van der Waals surface area contributed by atoms with Crippen LogP contribution in [0.25, 0.3) is 0 Å². The van der Waals surface area contributed by atoms with E-state index < -0.39 is 0 Å². The fourth-order valence-corrected chi connectivity index (χ4v) is 3.35. The molecule has 21 heavy (non-hydrogen) atoms. The van der Waals surface area contributed by atoms with Crippen LogP contribution in [-0.4, -0.2) is 6.54 Å². The smallest absolute Gasteiger partial charge is 0.0316 e. The molecule has 0 heterocycles. The van der Waals surface area contributed by atoms with Gasteiger partial charge in [-0.3, -0.25) is 0 Å². The standard InChI is InChI=1S/C19H34N2/c1-3-5-6-7-8-13-19(4-2,14-10-15-20)17-11-9-12-18(21)16-17/h9,11-12,16H,3-8,10,13-15,20-21H2,1-2H3. The van der Waals surface area contributed by atoms with Gasteiger partial charge >= 0.3 is 0 Å². The molecule has 120 valence electrons. The van der Waals surface area contributed by atoms with Gasteiger partial charge < -0.3 is 11.5 Å². The summed E-state index contributed by atoms with van der Waals surface area (Å²) < 4.78 is 0. The molecule has 0 spiro atoms. The summed E-state index contributed by atoms with van der Waals surface area (Å²) in [5, 5.41) is 0. The lowest BCUT2D eigenvalue weighted by Crippen LogP contribution is -2.26. The number of rotatable bonds is 11. The molecule has 1 rings (SSSR count). The highest BCUT2D eigenvalue weighted by Crippen LogP contribution is 2.38. The van der Waals surface area contributed by atoms with Crippen LogP contribution in [-0.2, 0) is 5.41 Å². The lowest BCUT2D eigenvalue weighted by atomic mass is 9.71. The fourth-order valence-electron chi connectivity index (χ4n) is 3.35. The predicted octanol–water partition coefficient (Wildman–Crippen LogP) is 5.02. The van der Waals surface area contributed by atoms with E-state index in [1.807, 2.05) is 6.07 Å². The molecule has 0 radical (unpaired) electrons. The third kappa shape index (κ3) is 5.70. The summed E-state index contributed by atoms with van der Waals surface area (Å²) in [6.45, 7) is 5.36. The summed E-state index contributed by atoms with van der Waals surface area (Å²) in [7, 11) is 0. The van der Waals surface area contributed by atoms with Crippen LogP contribution in [0.3, 0.4) is 0 Å². The van der Waals surface area contributed by atoms with Crippen molar-refractivity contribution in [2.45, 2.75) is 77.0 Å². The summed E-state index contributed by atoms with van der Waals surface area (Å²) in [5.74, 6) is 0. The van der Waals surface area contributed by atoms with Crippen molar-refractivity contribution in [1.29, 1.82) is 0 Å². The molecule has 0 bridgehead atoms. The number of benzene rings is 1. The maximum absolute atomic E-state index is 6.01. The molecular formula is C19H34N2. The maximum atomic E-state index is 6.01. The Morgan fingerprint density at radius 1 is 0.952 bits per heavy atom. The normalized spacial score (nSPS) is 14.0. The van der Waals surface area contributed by atoms with Gasteiger partial charge in [0.25, 0.3) is 0 Å². The van der Waals surface area contributed by atoms with E-state index in [1.54, 1.807) is 0 Å². The molecule has 4 N–H and O–H groups in total. The highest BCUT2D eigenvalue weighted by Gasteiger charge is 2.29. The molecule has 0 aliphatic heterocycles. The van der Waals surface area contributed by atoms with Crippen molar-refractivity contribution in [2.24, 2.45) is 5.73 Å². The molecule has 0 aromatic heterocycles. The van der Waals surface area contributed by atoms with E-state index in [4.69, 9.17) is 11.5 Å². The molecule has 2 heteroatoms. The fraction of sp³-hybridized carbons (Fsp3) is 0.684. The van der Waals surface area contributed by atoms with Gasteiger partial charge in [-0.05, 0) is 55.3 Å². The van der Waals surface area contributed by atoms with Crippen LogP contribution in [0.15, 0.2) is 24.3 Å². The molecular weight excluding hydrogens is 256 g/mol. The summed E-state index contributed by atoms with van der Waals surface area (Å²) in [6.07, 6.45) is 11.4. The van der Waals surface area contributed by atoms with Gasteiger partial charge in [0.1, 0.15) is 0 Å². The summed E-state index contributed by atoms with van der Waals surface area (Å²) in [5.41, 5.74) is 14.3. The van der Waals surface area contributed by atoms with Crippen LogP contribution < -0.4 is 11.5 Å². The zero-order valence-electron chi connectivity index (χ0n) is 14.0. The Morgan fingerprint density at radius 3 is 2.29 bits per heavy atom. The highest BCUT2D eigenvalue weighted by atomic mass is 14.5. The Labute approximate surface area is 131 Å². The van der Waals surface area contributed by atoms with E-state index >= 15 is 0 Å². The van der Waals surface area contributed by atoms with Crippen LogP contribution in [0.1, 0.15) is 77.2 Å². The SMILES string of the molecule is CCCCCCCC(CC)(CCCN)c1cccc(N)c1. The average Bonchev–Trinajstić information content (AvgIpc) is 2.50. The third-order valence-electron chi connectivity index (χ3n) is 4.79. The van der Waals surface area contributed by atoms with Crippen molar-refractivity contribution in [1.82, 2.24) is 0 Å². The van der Waals surface area contributed by atoms with Crippen molar-refractivity contribution < 1.29 is 0 Å². The van der Waals surface area contributed by atoms with Gasteiger partial charge in [-0.25, -0.2) is 0 Å². The average molecular weight is 290 g/mol. The Hall–Kier alpha value is -1.02. The van der Waals surface area contributed by atoms with Crippen LogP contribution in [0, 0.1) is 0 Å². The van der Waals surface area contributed by atoms with E-state index in [2.05, 4.69) is 32.0 Å². The quantitative estimate of drug-likeness (QED) is 0.444. The Balaban J connectivity index is 2.77. The molecule has 1 atom stereocenters. The first-order valence-corrected chi connectivity index (χ1v) is 8.74. The first-order chi connectivity index (χ1) is 10.2. The van der Waals surface area contributed by atoms with Crippen LogP contribution in [0.4, 0.5) is 5.69 Å². The van der Waals surface area contributed by atoms with Crippen LogP contribution in [0.2, 0.25) is 0 Å². The zero-order chi connectivity index (χ0) is 15.6. The van der Waals surface area contributed by atoms with Crippen molar-refractivity contribution in [3.63, 3.8) is 0 Å². The van der Waals surface area contributed by atoms with Gasteiger partial charge in [-0.15, -0.1) is 0 Å². The van der Waals surface area contributed by atoms with E-state index in [0.29, 0.717) is 0 Å². The molecule has 1 unspecified atom stereocenters. The van der Waals surface area contributed by atoms with E-state index in [1.165, 1.54) is 56.9 Å². The number of hydrogen-bond acceptors (Lipinski definition) is 2. The van der Waals surface area contributed by atoms with Crippen molar-refractivity contribution >= 4 is 5.69 Å². The predicted molar refractivity (Wildman–Crippen MR) is 94.5 cm³/mol. The Morgan fingerprint density at radius 2 is 1.67 bits per heavy atom. The van der Waals surface area contributed by atoms with E-state index in [-0.39, 0.29) is 5.41 Å². The lowest BCUT2D eigenvalue weighted by Gasteiger charge is -2.34. The first kappa shape index (κ1) is 18.0. The number of anilines is 1. The molecule has 0 aliphatic carbocycles. The van der Waals surface area contributed by atoms with Gasteiger partial charge in [-0.2, -0.15) is 0 Å². The van der Waals surface area contributed by atoms with Crippen molar-refractivity contribution in [3.8, 4) is 0 Å². The number of unbranched alkanes of at least 4 members (excludes halogenated alkanes) is 4. The third-order valence-corrected chi connectivity index (χ3v) is 4.79. The second kappa shape index (κ2) is 9.83. The van der Waals surface area contributed by atoms with Gasteiger partial charge in [0, 0.05) is 5.69 Å². The van der Waals surface area contributed by atoms with Crippen molar-refractivity contribution in [3.05, 3.63) is 29.8 Å². The van der Waals surface area contributed by atoms with Gasteiger partial charge in [0.05, 0.1) is 0 Å². The van der Waals surface area contributed by atoms with Gasteiger partial charge in [0.2, 0.25) is 0 Å². The molecule has 0 saturated heterocycles. The molecule has 0 fully saturated rings. The second-order valence-corrected chi connectivity index (χ2v) is 6.32. The minimum Gasteiger partial charge on any atom is -0.399 e. The topological polar surface area (TPSA) is 52.0 Å². The molecule has 1 aromatic rings. The molecule has 2 nitrogen and oxygen atoms in total. The molecule has 0 aliphatic rings. The lowest BCUT2D eigenvalue weighted by molar-refractivity contribution is 0.329. The Bertz CT molecular complexity index is 389. The first-order valence-electron chi connectivity index (χ1n) is 8.74. The minimum absolute atomic E-state index is 0.265. The number of hydrogen-bond donors (Lipinski definition) is 2. The highest BCUT2D eigenvalue weighted by molar-refractivity contribution is 5.43. The van der Waals surface area contributed by atoms with Gasteiger partial charge in [-0.1, -0.05) is 58.1 Å². The maximum Gasteiger partial charge on any atom is 0.0316 e. The minimum atomic E-state index is 0.265. The monoisotopic (exact) mass is 290 g/mol. The van der Waals surface area contributed by atoms with Crippen LogP contribution >= 0.6 is 0 Å². The van der Waals surface area contributed by atoms with Crippen LogP contribution in [0.5, 0.6) is 0 Å². The number of nitrogen functional groups attached to an aromatic ring is 1. The molecule has 1 aromatic carbocycles. The van der Waals surface area contributed by atoms with Gasteiger partial charge in [0.15, 0.2) is 0 Å². The second-order valence-electron chi connectivity index (χ2n) is 6.32. The van der Waals surface area contributed by atoms with E-state index in [9.17, 15) is 0 Å². The number of nitrogens with two attached hydrogens (primary N) is 2. The largest absolute Gasteiger partial charge is 0.399 e. The van der Waals surface area contributed by atoms with E-state index in [0.717, 1.165) is 18.7 Å². The zero-order valence-corrected chi connectivity index (χ0v) is 14.0. The Kier molecular flexibility index (Phi) is 8.44. The summed E-state index contributed by atoms with van der Waals surface area (Å²) >= 11 is 0. The van der Waals surface area contributed by atoms with Crippen molar-refractivity contribution in [2.75, 3.05) is 12.3 Å². The molecule has 0 amide bonds.